The van der Waals surface area contributed by atoms with Gasteiger partial charge in [-0.1, -0.05) is 35.9 Å². The molecule has 1 amide bonds. The van der Waals surface area contributed by atoms with E-state index in [1.807, 2.05) is 49.4 Å². The topological polar surface area (TPSA) is 55.6 Å². The zero-order valence-electron chi connectivity index (χ0n) is 16.8. The van der Waals surface area contributed by atoms with Gasteiger partial charge in [0.1, 0.15) is 11.3 Å². The Hall–Kier alpha value is -3.31. The molecule has 0 unspecified atom stereocenters. The minimum atomic E-state index is -0.143. The van der Waals surface area contributed by atoms with E-state index in [0.717, 1.165) is 16.6 Å². The van der Waals surface area contributed by atoms with Crippen LogP contribution in [0.4, 0.5) is 0 Å². The number of methoxy groups -OCH3 is 1. The van der Waals surface area contributed by atoms with E-state index in [2.05, 4.69) is 4.98 Å². The van der Waals surface area contributed by atoms with Gasteiger partial charge >= 0.3 is 0 Å². The van der Waals surface area contributed by atoms with Crippen LogP contribution in [0.15, 0.2) is 71.1 Å². The molecule has 4 aromatic rings. The van der Waals surface area contributed by atoms with Crippen molar-refractivity contribution in [2.45, 2.75) is 20.0 Å². The molecule has 0 aliphatic rings. The van der Waals surface area contributed by atoms with Crippen molar-refractivity contribution >= 4 is 28.6 Å². The number of amides is 1. The molecule has 0 fully saturated rings. The van der Waals surface area contributed by atoms with E-state index in [-0.39, 0.29) is 12.5 Å². The molecular weight excluding hydrogens is 400 g/mol. The third-order valence-electron chi connectivity index (χ3n) is 4.86. The van der Waals surface area contributed by atoms with Crippen molar-refractivity contribution in [1.82, 2.24) is 9.88 Å². The third-order valence-corrected chi connectivity index (χ3v) is 5.23. The van der Waals surface area contributed by atoms with Gasteiger partial charge < -0.3 is 14.1 Å². The second kappa shape index (κ2) is 8.59. The fourth-order valence-corrected chi connectivity index (χ4v) is 3.46. The van der Waals surface area contributed by atoms with Crippen molar-refractivity contribution in [3.05, 3.63) is 94.3 Å². The van der Waals surface area contributed by atoms with Crippen LogP contribution >= 0.6 is 11.6 Å². The van der Waals surface area contributed by atoms with Gasteiger partial charge in [-0.25, -0.2) is 4.98 Å². The highest BCUT2D eigenvalue weighted by Crippen LogP contribution is 2.23. The number of ether oxygens (including phenoxy) is 1. The minimum Gasteiger partial charge on any atom is -0.497 e. The zero-order valence-corrected chi connectivity index (χ0v) is 17.5. The third kappa shape index (κ3) is 4.31. The van der Waals surface area contributed by atoms with Crippen LogP contribution in [-0.2, 0) is 13.1 Å². The Bertz CT molecular complexity index is 1180. The number of benzene rings is 3. The Morgan fingerprint density at radius 1 is 1.07 bits per heavy atom. The van der Waals surface area contributed by atoms with E-state index in [0.29, 0.717) is 34.4 Å². The van der Waals surface area contributed by atoms with Crippen molar-refractivity contribution in [1.29, 1.82) is 0 Å². The Kier molecular flexibility index (Phi) is 5.72. The number of aromatic nitrogens is 1. The molecule has 0 radical (unpaired) electrons. The normalized spacial score (nSPS) is 10.9. The molecule has 0 bridgehead atoms. The maximum absolute atomic E-state index is 13.3. The van der Waals surface area contributed by atoms with Crippen molar-refractivity contribution in [3.8, 4) is 5.75 Å². The number of fused-ring (bicyclic) bond motifs is 1. The Balaban J connectivity index is 1.66. The van der Waals surface area contributed by atoms with E-state index >= 15 is 0 Å². The highest BCUT2D eigenvalue weighted by atomic mass is 35.5. The van der Waals surface area contributed by atoms with Gasteiger partial charge in [0, 0.05) is 17.1 Å². The molecule has 0 saturated heterocycles. The molecule has 0 spiro atoms. The number of oxazole rings is 1. The molecule has 6 heteroatoms. The quantitative estimate of drug-likeness (QED) is 0.405. The lowest BCUT2D eigenvalue weighted by atomic mass is 10.1. The van der Waals surface area contributed by atoms with Crippen LogP contribution < -0.4 is 4.74 Å². The van der Waals surface area contributed by atoms with Crippen molar-refractivity contribution in [3.63, 3.8) is 0 Å². The molecule has 0 aliphatic heterocycles. The van der Waals surface area contributed by atoms with Gasteiger partial charge in [0.05, 0.1) is 13.7 Å². The number of carbonyl (C=O) groups is 1. The van der Waals surface area contributed by atoms with Crippen LogP contribution in [0.1, 0.15) is 27.4 Å². The summed E-state index contributed by atoms with van der Waals surface area (Å²) in [5, 5.41) is 0.609. The largest absolute Gasteiger partial charge is 0.497 e. The Labute approximate surface area is 179 Å². The molecule has 152 valence electrons. The van der Waals surface area contributed by atoms with E-state index in [1.165, 1.54) is 0 Å². The maximum atomic E-state index is 13.3. The molecule has 0 saturated carbocycles. The maximum Gasteiger partial charge on any atom is 0.254 e. The van der Waals surface area contributed by atoms with Gasteiger partial charge in [-0.2, -0.15) is 0 Å². The van der Waals surface area contributed by atoms with Crippen LogP contribution in [0.25, 0.3) is 11.1 Å². The number of nitrogens with zero attached hydrogens (tertiary/aromatic N) is 2. The van der Waals surface area contributed by atoms with Crippen LogP contribution in [-0.4, -0.2) is 22.9 Å². The molecule has 1 heterocycles. The fourth-order valence-electron chi connectivity index (χ4n) is 3.26. The summed E-state index contributed by atoms with van der Waals surface area (Å²) in [5.74, 6) is 1.03. The van der Waals surface area contributed by atoms with Gasteiger partial charge in [-0.05, 0) is 60.5 Å². The van der Waals surface area contributed by atoms with Crippen LogP contribution in [0, 0.1) is 6.92 Å². The SMILES string of the molecule is COc1ccc(C(=O)N(Cc2nc3cc(C)ccc3o2)Cc2ccccc2Cl)cc1. The highest BCUT2D eigenvalue weighted by Gasteiger charge is 2.20. The molecule has 4 rings (SSSR count). The van der Waals surface area contributed by atoms with Crippen LogP contribution in [0.2, 0.25) is 5.02 Å². The molecule has 3 aromatic carbocycles. The predicted molar refractivity (Wildman–Crippen MR) is 117 cm³/mol. The first kappa shape index (κ1) is 20.0. The smallest absolute Gasteiger partial charge is 0.254 e. The molecule has 30 heavy (non-hydrogen) atoms. The Morgan fingerprint density at radius 3 is 2.57 bits per heavy atom. The minimum absolute atomic E-state index is 0.143. The van der Waals surface area contributed by atoms with Crippen molar-refractivity contribution < 1.29 is 13.9 Å². The molecule has 0 N–H and O–H groups in total. The van der Waals surface area contributed by atoms with Crippen LogP contribution in [0.3, 0.4) is 0 Å². The number of hydrogen-bond donors (Lipinski definition) is 0. The second-order valence-corrected chi connectivity index (χ2v) is 7.47. The van der Waals surface area contributed by atoms with Crippen molar-refractivity contribution in [2.75, 3.05) is 7.11 Å². The predicted octanol–water partition coefficient (Wildman–Crippen LogP) is 5.64. The first-order chi connectivity index (χ1) is 14.5. The second-order valence-electron chi connectivity index (χ2n) is 7.06. The summed E-state index contributed by atoms with van der Waals surface area (Å²) < 4.78 is 11.1. The van der Waals surface area contributed by atoms with Crippen molar-refractivity contribution in [2.24, 2.45) is 0 Å². The summed E-state index contributed by atoms with van der Waals surface area (Å²) >= 11 is 6.35. The first-order valence-corrected chi connectivity index (χ1v) is 9.94. The molecular formula is C24H21ClN2O3. The summed E-state index contributed by atoms with van der Waals surface area (Å²) in [4.78, 5) is 19.6. The summed E-state index contributed by atoms with van der Waals surface area (Å²) in [5.41, 5.74) is 3.98. The zero-order chi connectivity index (χ0) is 21.1. The average Bonchev–Trinajstić information content (AvgIpc) is 3.15. The Morgan fingerprint density at radius 2 is 1.83 bits per heavy atom. The standard InChI is InChI=1S/C24H21ClN2O3/c1-16-7-12-22-21(13-16)26-23(30-22)15-27(14-18-5-3-4-6-20(18)25)24(28)17-8-10-19(29-2)11-9-17/h3-13H,14-15H2,1-2H3. The number of aryl methyl sites for hydroxylation is 1. The van der Waals surface area contributed by atoms with E-state index in [1.54, 1.807) is 36.3 Å². The number of carbonyl (C=O) groups excluding carboxylic acids is 1. The van der Waals surface area contributed by atoms with Gasteiger partial charge in [-0.15, -0.1) is 0 Å². The summed E-state index contributed by atoms with van der Waals surface area (Å²) in [6, 6.07) is 20.3. The molecule has 0 atom stereocenters. The van der Waals surface area contributed by atoms with Gasteiger partial charge in [0.2, 0.25) is 5.89 Å². The monoisotopic (exact) mass is 420 g/mol. The number of rotatable bonds is 6. The van der Waals surface area contributed by atoms with E-state index in [4.69, 9.17) is 20.8 Å². The lowest BCUT2D eigenvalue weighted by Crippen LogP contribution is -2.30. The molecule has 0 aliphatic carbocycles. The molecule has 1 aromatic heterocycles. The first-order valence-electron chi connectivity index (χ1n) is 9.56. The summed E-state index contributed by atoms with van der Waals surface area (Å²) in [6.45, 7) is 2.57. The summed E-state index contributed by atoms with van der Waals surface area (Å²) in [7, 11) is 1.59. The van der Waals surface area contributed by atoms with E-state index in [9.17, 15) is 4.79 Å². The van der Waals surface area contributed by atoms with Crippen LogP contribution in [0.5, 0.6) is 5.75 Å². The lowest BCUT2D eigenvalue weighted by molar-refractivity contribution is 0.0715. The molecule has 5 nitrogen and oxygen atoms in total. The number of hydrogen-bond acceptors (Lipinski definition) is 4. The highest BCUT2D eigenvalue weighted by molar-refractivity contribution is 6.31. The van der Waals surface area contributed by atoms with E-state index < -0.39 is 0 Å². The average molecular weight is 421 g/mol. The van der Waals surface area contributed by atoms with Gasteiger partial charge in [0.15, 0.2) is 5.58 Å². The van der Waals surface area contributed by atoms with Gasteiger partial charge in [0.25, 0.3) is 5.91 Å². The number of halogens is 1. The summed E-state index contributed by atoms with van der Waals surface area (Å²) in [6.07, 6.45) is 0. The van der Waals surface area contributed by atoms with Gasteiger partial charge in [-0.3, -0.25) is 4.79 Å². The lowest BCUT2D eigenvalue weighted by Gasteiger charge is -2.22. The fraction of sp³-hybridized carbons (Fsp3) is 0.167.